The number of hydrogen-bond acceptors (Lipinski definition) is 3. The molecule has 7 heteroatoms. The van der Waals surface area contributed by atoms with Gasteiger partial charge in [0.1, 0.15) is 5.82 Å². The highest BCUT2D eigenvalue weighted by molar-refractivity contribution is 5.91. The number of aliphatic imine (C=N–C) groups is 1. The van der Waals surface area contributed by atoms with E-state index in [9.17, 15) is 9.18 Å². The van der Waals surface area contributed by atoms with Crippen molar-refractivity contribution in [1.82, 2.24) is 16.0 Å². The first-order valence-corrected chi connectivity index (χ1v) is 9.23. The molecule has 6 nitrogen and oxygen atoms in total. The molecule has 1 aromatic carbocycles. The van der Waals surface area contributed by atoms with Gasteiger partial charge in [-0.15, -0.1) is 0 Å². The lowest BCUT2D eigenvalue weighted by Gasteiger charge is -2.16. The Morgan fingerprint density at radius 3 is 2.59 bits per heavy atom. The molecule has 1 aliphatic carbocycles. The van der Waals surface area contributed by atoms with E-state index in [-0.39, 0.29) is 22.9 Å². The van der Waals surface area contributed by atoms with Crippen molar-refractivity contribution in [2.45, 2.75) is 25.2 Å². The molecule has 0 atom stereocenters. The van der Waals surface area contributed by atoms with E-state index >= 15 is 0 Å². The Kier molecular flexibility index (Phi) is 6.11. The summed E-state index contributed by atoms with van der Waals surface area (Å²) in [5.41, 5.74) is 0.552. The van der Waals surface area contributed by atoms with E-state index in [4.69, 9.17) is 4.42 Å². The van der Waals surface area contributed by atoms with Crippen LogP contribution in [0.3, 0.4) is 0 Å². The van der Waals surface area contributed by atoms with Crippen LogP contribution >= 0.6 is 0 Å². The van der Waals surface area contributed by atoms with E-state index in [1.54, 1.807) is 18.2 Å². The molecule has 1 aromatic heterocycles. The van der Waals surface area contributed by atoms with Crippen molar-refractivity contribution >= 4 is 11.9 Å². The van der Waals surface area contributed by atoms with Gasteiger partial charge in [0.25, 0.3) is 5.91 Å². The SMILES string of the molecule is CCNC(=NCC1(c2ccccc2F)CC1)NCCNC(=O)c1ccco1. The predicted molar refractivity (Wildman–Crippen MR) is 102 cm³/mol. The van der Waals surface area contributed by atoms with Gasteiger partial charge in [0.2, 0.25) is 0 Å². The largest absolute Gasteiger partial charge is 0.459 e. The van der Waals surface area contributed by atoms with Gasteiger partial charge in [-0.2, -0.15) is 0 Å². The zero-order chi connectivity index (χ0) is 19.1. The smallest absolute Gasteiger partial charge is 0.287 e. The first-order chi connectivity index (χ1) is 13.1. The summed E-state index contributed by atoms with van der Waals surface area (Å²) in [5, 5.41) is 9.14. The molecule has 1 amide bonds. The average Bonchev–Trinajstić information content (AvgIpc) is 3.25. The number of nitrogens with zero attached hydrogens (tertiary/aromatic N) is 1. The van der Waals surface area contributed by atoms with Gasteiger partial charge >= 0.3 is 0 Å². The van der Waals surface area contributed by atoms with Gasteiger partial charge in [0, 0.05) is 25.0 Å². The van der Waals surface area contributed by atoms with Crippen LogP contribution < -0.4 is 16.0 Å². The van der Waals surface area contributed by atoms with E-state index in [1.165, 1.54) is 12.3 Å². The summed E-state index contributed by atoms with van der Waals surface area (Å²) in [6.07, 6.45) is 3.35. The van der Waals surface area contributed by atoms with Gasteiger partial charge in [-0.1, -0.05) is 18.2 Å². The lowest BCUT2D eigenvalue weighted by Crippen LogP contribution is -2.42. The number of carbonyl (C=O) groups excluding carboxylic acids is 1. The number of amides is 1. The van der Waals surface area contributed by atoms with Crippen molar-refractivity contribution < 1.29 is 13.6 Å². The number of rotatable bonds is 8. The number of carbonyl (C=O) groups is 1. The predicted octanol–water partition coefficient (Wildman–Crippen LogP) is 2.44. The molecule has 0 bridgehead atoms. The van der Waals surface area contributed by atoms with Gasteiger partial charge in [0.05, 0.1) is 12.8 Å². The molecule has 1 fully saturated rings. The molecule has 0 aliphatic heterocycles. The summed E-state index contributed by atoms with van der Waals surface area (Å²) < 4.78 is 19.2. The maximum Gasteiger partial charge on any atom is 0.287 e. The summed E-state index contributed by atoms with van der Waals surface area (Å²) in [6.45, 7) is 4.19. The van der Waals surface area contributed by atoms with E-state index in [1.807, 2.05) is 19.1 Å². The van der Waals surface area contributed by atoms with Crippen LogP contribution in [-0.4, -0.2) is 38.0 Å². The molecule has 3 rings (SSSR count). The molecule has 0 saturated heterocycles. The van der Waals surface area contributed by atoms with Crippen LogP contribution in [0.15, 0.2) is 52.1 Å². The van der Waals surface area contributed by atoms with Gasteiger partial charge in [0.15, 0.2) is 11.7 Å². The van der Waals surface area contributed by atoms with E-state index in [2.05, 4.69) is 20.9 Å². The molecule has 1 aliphatic rings. The highest BCUT2D eigenvalue weighted by atomic mass is 19.1. The molecule has 1 saturated carbocycles. The number of nitrogens with one attached hydrogen (secondary N) is 3. The summed E-state index contributed by atoms with van der Waals surface area (Å²) >= 11 is 0. The van der Waals surface area contributed by atoms with E-state index in [0.717, 1.165) is 24.9 Å². The minimum atomic E-state index is -0.250. The maximum absolute atomic E-state index is 14.1. The first-order valence-electron chi connectivity index (χ1n) is 9.23. The second-order valence-corrected chi connectivity index (χ2v) is 6.62. The highest BCUT2D eigenvalue weighted by Gasteiger charge is 2.45. The van der Waals surface area contributed by atoms with Crippen LogP contribution in [0, 0.1) is 5.82 Å². The number of furan rings is 1. The van der Waals surface area contributed by atoms with E-state index in [0.29, 0.717) is 25.6 Å². The van der Waals surface area contributed by atoms with Gasteiger partial charge in [-0.25, -0.2) is 4.39 Å². The number of hydrogen-bond donors (Lipinski definition) is 3. The Hall–Kier alpha value is -2.83. The molecular formula is C20H25FN4O2. The minimum Gasteiger partial charge on any atom is -0.459 e. The summed E-state index contributed by atoms with van der Waals surface area (Å²) in [5.74, 6) is 0.535. The molecule has 0 radical (unpaired) electrons. The zero-order valence-electron chi connectivity index (χ0n) is 15.4. The van der Waals surface area contributed by atoms with Crippen LogP contribution in [0.5, 0.6) is 0 Å². The third-order valence-electron chi connectivity index (χ3n) is 4.63. The molecule has 1 heterocycles. The van der Waals surface area contributed by atoms with Crippen molar-refractivity contribution in [1.29, 1.82) is 0 Å². The van der Waals surface area contributed by atoms with E-state index < -0.39 is 0 Å². The van der Waals surface area contributed by atoms with Crippen molar-refractivity contribution in [3.63, 3.8) is 0 Å². The molecule has 2 aromatic rings. The third-order valence-corrected chi connectivity index (χ3v) is 4.63. The molecular weight excluding hydrogens is 347 g/mol. The van der Waals surface area contributed by atoms with Crippen molar-refractivity contribution in [3.05, 3.63) is 59.8 Å². The molecule has 0 spiro atoms. The van der Waals surface area contributed by atoms with Crippen LogP contribution in [-0.2, 0) is 5.41 Å². The standard InChI is InChI=1S/C20H25FN4O2/c1-2-22-19(24-12-11-23-18(26)17-8-5-13-27-17)25-14-20(9-10-20)15-6-3-4-7-16(15)21/h3-8,13H,2,9-12,14H2,1H3,(H,23,26)(H2,22,24,25). The summed E-state index contributed by atoms with van der Waals surface area (Å²) in [6, 6.07) is 10.2. The number of halogens is 1. The fourth-order valence-corrected chi connectivity index (χ4v) is 2.98. The normalized spacial score (nSPS) is 15.3. The molecule has 3 N–H and O–H groups in total. The van der Waals surface area contributed by atoms with Gasteiger partial charge in [-0.05, 0) is 43.5 Å². The number of guanidine groups is 1. The Morgan fingerprint density at radius 1 is 1.15 bits per heavy atom. The van der Waals surface area contributed by atoms with Crippen molar-refractivity contribution in [2.24, 2.45) is 4.99 Å². The van der Waals surface area contributed by atoms with Crippen LogP contribution in [0.1, 0.15) is 35.9 Å². The van der Waals surface area contributed by atoms with Crippen LogP contribution in [0.2, 0.25) is 0 Å². The Morgan fingerprint density at radius 2 is 1.93 bits per heavy atom. The lowest BCUT2D eigenvalue weighted by molar-refractivity contribution is 0.0926. The second-order valence-electron chi connectivity index (χ2n) is 6.62. The lowest BCUT2D eigenvalue weighted by atomic mass is 9.95. The van der Waals surface area contributed by atoms with Crippen molar-refractivity contribution in [2.75, 3.05) is 26.2 Å². The molecule has 0 unspecified atom stereocenters. The van der Waals surface area contributed by atoms with Gasteiger partial charge < -0.3 is 20.4 Å². The van der Waals surface area contributed by atoms with Crippen LogP contribution in [0.4, 0.5) is 4.39 Å². The summed E-state index contributed by atoms with van der Waals surface area (Å²) in [4.78, 5) is 16.4. The molecule has 27 heavy (non-hydrogen) atoms. The average molecular weight is 372 g/mol. The monoisotopic (exact) mass is 372 g/mol. The summed E-state index contributed by atoms with van der Waals surface area (Å²) in [7, 11) is 0. The van der Waals surface area contributed by atoms with Crippen molar-refractivity contribution in [3.8, 4) is 0 Å². The third kappa shape index (κ3) is 4.87. The van der Waals surface area contributed by atoms with Crippen LogP contribution in [0.25, 0.3) is 0 Å². The fraction of sp³-hybridized carbons (Fsp3) is 0.400. The highest BCUT2D eigenvalue weighted by Crippen LogP contribution is 2.49. The maximum atomic E-state index is 14.1. The Bertz CT molecular complexity index is 785. The molecule has 144 valence electrons. The quantitative estimate of drug-likeness (QED) is 0.378. The Labute approximate surface area is 158 Å². The Balaban J connectivity index is 1.51. The first kappa shape index (κ1) is 18.9. The fourth-order valence-electron chi connectivity index (χ4n) is 2.98. The minimum absolute atomic E-state index is 0.163. The topological polar surface area (TPSA) is 78.7 Å². The zero-order valence-corrected chi connectivity index (χ0v) is 15.4. The second kappa shape index (κ2) is 8.70. The van der Waals surface area contributed by atoms with Gasteiger partial charge in [-0.3, -0.25) is 9.79 Å². The number of benzene rings is 1.